The van der Waals surface area contributed by atoms with Crippen LogP contribution in [0, 0.1) is 0 Å². The van der Waals surface area contributed by atoms with Gasteiger partial charge in [0.15, 0.2) is 0 Å². The van der Waals surface area contributed by atoms with Gasteiger partial charge >= 0.3 is 0 Å². The Kier molecular flexibility index (Phi) is 4.56. The van der Waals surface area contributed by atoms with E-state index in [-0.39, 0.29) is 0 Å². The molecule has 94 valence electrons. The van der Waals surface area contributed by atoms with Crippen molar-refractivity contribution in [2.45, 2.75) is 13.2 Å². The van der Waals surface area contributed by atoms with E-state index < -0.39 is 0 Å². The third kappa shape index (κ3) is 3.72. The Labute approximate surface area is 111 Å². The Morgan fingerprint density at radius 3 is 2.72 bits per heavy atom. The monoisotopic (exact) mass is 263 g/mol. The van der Waals surface area contributed by atoms with Gasteiger partial charge in [-0.15, -0.1) is 0 Å². The van der Waals surface area contributed by atoms with Crippen molar-refractivity contribution in [1.29, 1.82) is 0 Å². The third-order valence-corrected chi connectivity index (χ3v) is 2.64. The number of halogens is 1. The second-order valence-electron chi connectivity index (χ2n) is 3.80. The minimum atomic E-state index is 0.442. The Balaban J connectivity index is 1.88. The molecule has 0 atom stereocenters. The summed E-state index contributed by atoms with van der Waals surface area (Å²) in [6.07, 6.45) is 0. The topological polar surface area (TPSA) is 31.4 Å². The zero-order valence-corrected chi connectivity index (χ0v) is 10.9. The van der Waals surface area contributed by atoms with Crippen molar-refractivity contribution in [2.75, 3.05) is 7.11 Å². The van der Waals surface area contributed by atoms with E-state index in [0.29, 0.717) is 18.4 Å². The number of methoxy groups -OCH3 is 1. The van der Waals surface area contributed by atoms with E-state index in [1.807, 2.05) is 36.4 Å². The van der Waals surface area contributed by atoms with Crippen LogP contribution in [0.25, 0.3) is 0 Å². The van der Waals surface area contributed by atoms with Crippen molar-refractivity contribution < 1.29 is 9.47 Å². The summed E-state index contributed by atoms with van der Waals surface area (Å²) < 4.78 is 10.7. The van der Waals surface area contributed by atoms with E-state index in [1.54, 1.807) is 13.2 Å². The summed E-state index contributed by atoms with van der Waals surface area (Å²) in [6.45, 7) is 0.961. The number of ether oxygens (including phenoxy) is 2. The largest absolute Gasteiger partial charge is 0.497 e. The molecule has 3 nitrogen and oxygen atoms in total. The van der Waals surface area contributed by atoms with Gasteiger partial charge in [0.05, 0.1) is 26.0 Å². The van der Waals surface area contributed by atoms with Gasteiger partial charge in [-0.3, -0.25) is 0 Å². The molecule has 0 spiro atoms. The van der Waals surface area contributed by atoms with Crippen LogP contribution in [0.5, 0.6) is 5.75 Å². The molecule has 0 fully saturated rings. The number of hydrogen-bond donors (Lipinski definition) is 0. The van der Waals surface area contributed by atoms with Gasteiger partial charge in [-0.2, -0.15) is 0 Å². The standard InChI is InChI=1S/C14H14ClNO2/c1-17-13-6-2-4-11(8-13)9-18-10-12-5-3-7-14(15)16-12/h2-8H,9-10H2,1H3. The quantitative estimate of drug-likeness (QED) is 0.774. The van der Waals surface area contributed by atoms with Crippen LogP contribution in [0.4, 0.5) is 0 Å². The molecule has 0 aliphatic rings. The lowest BCUT2D eigenvalue weighted by atomic mass is 10.2. The lowest BCUT2D eigenvalue weighted by Gasteiger charge is -2.06. The number of aromatic nitrogens is 1. The molecule has 0 saturated carbocycles. The minimum Gasteiger partial charge on any atom is -0.497 e. The molecule has 2 aromatic rings. The molecular formula is C14H14ClNO2. The maximum Gasteiger partial charge on any atom is 0.129 e. The van der Waals surface area contributed by atoms with Crippen LogP contribution < -0.4 is 4.74 Å². The van der Waals surface area contributed by atoms with Crippen LogP contribution in [0.1, 0.15) is 11.3 Å². The number of hydrogen-bond acceptors (Lipinski definition) is 3. The highest BCUT2D eigenvalue weighted by molar-refractivity contribution is 6.29. The Bertz CT molecular complexity index is 517. The van der Waals surface area contributed by atoms with Crippen LogP contribution in [-0.4, -0.2) is 12.1 Å². The molecule has 0 bridgehead atoms. The highest BCUT2D eigenvalue weighted by atomic mass is 35.5. The van der Waals surface area contributed by atoms with E-state index in [1.165, 1.54) is 0 Å². The summed E-state index contributed by atoms with van der Waals surface area (Å²) in [4.78, 5) is 4.15. The van der Waals surface area contributed by atoms with Gasteiger partial charge in [0.2, 0.25) is 0 Å². The molecule has 18 heavy (non-hydrogen) atoms. The summed E-state index contributed by atoms with van der Waals surface area (Å²) in [7, 11) is 1.65. The van der Waals surface area contributed by atoms with E-state index in [2.05, 4.69) is 4.98 Å². The summed E-state index contributed by atoms with van der Waals surface area (Å²) in [5.74, 6) is 0.831. The molecule has 1 aromatic heterocycles. The second kappa shape index (κ2) is 6.38. The first-order valence-electron chi connectivity index (χ1n) is 5.60. The van der Waals surface area contributed by atoms with E-state index in [9.17, 15) is 0 Å². The van der Waals surface area contributed by atoms with Gasteiger partial charge < -0.3 is 9.47 Å². The van der Waals surface area contributed by atoms with Crippen LogP contribution in [0.3, 0.4) is 0 Å². The van der Waals surface area contributed by atoms with Gasteiger partial charge in [0.25, 0.3) is 0 Å². The molecule has 0 radical (unpaired) electrons. The molecule has 0 aliphatic carbocycles. The fourth-order valence-electron chi connectivity index (χ4n) is 1.57. The molecule has 0 unspecified atom stereocenters. The van der Waals surface area contributed by atoms with Crippen molar-refractivity contribution >= 4 is 11.6 Å². The average molecular weight is 264 g/mol. The summed E-state index contributed by atoms with van der Waals surface area (Å²) in [5, 5.41) is 0.484. The van der Waals surface area contributed by atoms with Crippen molar-refractivity contribution in [1.82, 2.24) is 4.98 Å². The molecular weight excluding hydrogens is 250 g/mol. The highest BCUT2D eigenvalue weighted by Crippen LogP contribution is 2.14. The number of benzene rings is 1. The first-order chi connectivity index (χ1) is 8.78. The minimum absolute atomic E-state index is 0.442. The van der Waals surface area contributed by atoms with Crippen molar-refractivity contribution in [3.8, 4) is 5.75 Å². The van der Waals surface area contributed by atoms with Crippen LogP contribution >= 0.6 is 11.6 Å². The molecule has 4 heteroatoms. The normalized spacial score (nSPS) is 10.3. The van der Waals surface area contributed by atoms with Gasteiger partial charge in [0, 0.05) is 0 Å². The Morgan fingerprint density at radius 2 is 1.94 bits per heavy atom. The number of pyridine rings is 1. The molecule has 0 aliphatic heterocycles. The maximum atomic E-state index is 5.80. The fraction of sp³-hybridized carbons (Fsp3) is 0.214. The lowest BCUT2D eigenvalue weighted by molar-refractivity contribution is 0.104. The average Bonchev–Trinajstić information content (AvgIpc) is 2.39. The van der Waals surface area contributed by atoms with E-state index in [0.717, 1.165) is 17.0 Å². The molecule has 2 rings (SSSR count). The second-order valence-corrected chi connectivity index (χ2v) is 4.18. The predicted molar refractivity (Wildman–Crippen MR) is 70.7 cm³/mol. The lowest BCUT2D eigenvalue weighted by Crippen LogP contribution is -1.97. The predicted octanol–water partition coefficient (Wildman–Crippen LogP) is 3.46. The molecule has 0 N–H and O–H groups in total. The van der Waals surface area contributed by atoms with Gasteiger partial charge in [0.1, 0.15) is 10.9 Å². The molecule has 0 amide bonds. The molecule has 0 saturated heterocycles. The van der Waals surface area contributed by atoms with E-state index in [4.69, 9.17) is 21.1 Å². The fourth-order valence-corrected chi connectivity index (χ4v) is 1.75. The summed E-state index contributed by atoms with van der Waals surface area (Å²) in [6, 6.07) is 13.3. The van der Waals surface area contributed by atoms with Crippen molar-refractivity contribution in [3.05, 3.63) is 58.9 Å². The van der Waals surface area contributed by atoms with Gasteiger partial charge in [-0.1, -0.05) is 29.8 Å². The van der Waals surface area contributed by atoms with Gasteiger partial charge in [-0.05, 0) is 29.8 Å². The third-order valence-electron chi connectivity index (χ3n) is 2.43. The Morgan fingerprint density at radius 1 is 1.11 bits per heavy atom. The van der Waals surface area contributed by atoms with Crippen LogP contribution in [0.2, 0.25) is 5.15 Å². The zero-order chi connectivity index (χ0) is 12.8. The summed E-state index contributed by atoms with van der Waals surface area (Å²) in [5.41, 5.74) is 1.89. The van der Waals surface area contributed by atoms with Crippen molar-refractivity contribution in [2.24, 2.45) is 0 Å². The highest BCUT2D eigenvalue weighted by Gasteiger charge is 1.99. The van der Waals surface area contributed by atoms with Crippen LogP contribution in [0.15, 0.2) is 42.5 Å². The summed E-state index contributed by atoms with van der Waals surface area (Å²) >= 11 is 5.80. The first kappa shape index (κ1) is 12.9. The van der Waals surface area contributed by atoms with Crippen molar-refractivity contribution in [3.63, 3.8) is 0 Å². The zero-order valence-electron chi connectivity index (χ0n) is 10.1. The molecule has 1 heterocycles. The van der Waals surface area contributed by atoms with E-state index >= 15 is 0 Å². The maximum absolute atomic E-state index is 5.80. The SMILES string of the molecule is COc1cccc(COCc2cccc(Cl)n2)c1. The van der Waals surface area contributed by atoms with Crippen LogP contribution in [-0.2, 0) is 18.0 Å². The Hall–Kier alpha value is -1.58. The van der Waals surface area contributed by atoms with Gasteiger partial charge in [-0.25, -0.2) is 4.98 Å². The smallest absolute Gasteiger partial charge is 0.129 e. The number of rotatable bonds is 5. The first-order valence-corrected chi connectivity index (χ1v) is 5.98. The number of nitrogens with zero attached hydrogens (tertiary/aromatic N) is 1. The molecule has 1 aromatic carbocycles.